The van der Waals surface area contributed by atoms with Gasteiger partial charge in [-0.2, -0.15) is 5.10 Å². The first-order valence-corrected chi connectivity index (χ1v) is 10.2. The molecule has 0 spiro atoms. The maximum Gasteiger partial charge on any atom is 0.0796 e. The van der Waals surface area contributed by atoms with Crippen molar-refractivity contribution in [2.75, 3.05) is 18.5 Å². The molecular formula is C25H29N3. The van der Waals surface area contributed by atoms with Gasteiger partial charge in [0.25, 0.3) is 0 Å². The van der Waals surface area contributed by atoms with E-state index in [4.69, 9.17) is 5.10 Å². The lowest BCUT2D eigenvalue weighted by Crippen LogP contribution is -2.51. The predicted octanol–water partition coefficient (Wildman–Crippen LogP) is 5.25. The smallest absolute Gasteiger partial charge is 0.0796 e. The monoisotopic (exact) mass is 371 g/mol. The molecule has 144 valence electrons. The Kier molecular flexibility index (Phi) is 5.34. The molecule has 28 heavy (non-hydrogen) atoms. The summed E-state index contributed by atoms with van der Waals surface area (Å²) in [4.78, 5) is 2.27. The largest absolute Gasteiger partial charge is 0.370 e. The first kappa shape index (κ1) is 18.5. The zero-order valence-corrected chi connectivity index (χ0v) is 16.8. The average molecular weight is 372 g/mol. The molecular weight excluding hydrogens is 342 g/mol. The van der Waals surface area contributed by atoms with Crippen LogP contribution in [-0.2, 0) is 6.54 Å². The zero-order chi connectivity index (χ0) is 19.4. The van der Waals surface area contributed by atoms with E-state index in [1.54, 1.807) is 0 Å². The number of allylic oxidation sites excluding steroid dienone is 2. The SMILES string of the molecule is CN(Cc1ccccc1)c1ccc(/C=N/N2CCCC3C=CC=CC32C)cc1. The van der Waals surface area contributed by atoms with Gasteiger partial charge in [0, 0.05) is 31.7 Å². The van der Waals surface area contributed by atoms with E-state index in [-0.39, 0.29) is 5.54 Å². The number of piperidine rings is 1. The Morgan fingerprint density at radius 3 is 2.68 bits per heavy atom. The highest BCUT2D eigenvalue weighted by molar-refractivity contribution is 5.80. The molecule has 0 amide bonds. The molecule has 2 aliphatic rings. The third-order valence-electron chi connectivity index (χ3n) is 6.02. The van der Waals surface area contributed by atoms with E-state index in [0.717, 1.165) is 18.7 Å². The Balaban J connectivity index is 1.43. The second kappa shape index (κ2) is 8.05. The second-order valence-corrected chi connectivity index (χ2v) is 8.02. The fourth-order valence-electron chi connectivity index (χ4n) is 4.22. The Morgan fingerprint density at radius 1 is 1.11 bits per heavy atom. The molecule has 1 saturated heterocycles. The molecule has 1 aliphatic heterocycles. The van der Waals surface area contributed by atoms with E-state index in [1.165, 1.54) is 24.1 Å². The van der Waals surface area contributed by atoms with Crippen LogP contribution in [0.5, 0.6) is 0 Å². The van der Waals surface area contributed by atoms with Crippen molar-refractivity contribution in [1.82, 2.24) is 5.01 Å². The number of rotatable bonds is 5. The van der Waals surface area contributed by atoms with E-state index in [1.807, 2.05) is 6.21 Å². The van der Waals surface area contributed by atoms with Crippen LogP contribution in [0.3, 0.4) is 0 Å². The average Bonchev–Trinajstić information content (AvgIpc) is 2.73. The van der Waals surface area contributed by atoms with E-state index in [2.05, 4.69) is 103 Å². The maximum atomic E-state index is 4.86. The molecule has 0 N–H and O–H groups in total. The summed E-state index contributed by atoms with van der Waals surface area (Å²) in [5, 5.41) is 7.12. The molecule has 2 atom stereocenters. The summed E-state index contributed by atoms with van der Waals surface area (Å²) in [5.41, 5.74) is 3.67. The van der Waals surface area contributed by atoms with Gasteiger partial charge in [-0.15, -0.1) is 0 Å². The van der Waals surface area contributed by atoms with E-state index >= 15 is 0 Å². The number of anilines is 1. The summed E-state index contributed by atoms with van der Waals surface area (Å²) in [6, 6.07) is 19.2. The summed E-state index contributed by atoms with van der Waals surface area (Å²) < 4.78 is 0. The van der Waals surface area contributed by atoms with Crippen molar-refractivity contribution < 1.29 is 0 Å². The van der Waals surface area contributed by atoms with Gasteiger partial charge in [-0.05, 0) is 43.0 Å². The van der Waals surface area contributed by atoms with Crippen molar-refractivity contribution >= 4 is 11.9 Å². The predicted molar refractivity (Wildman–Crippen MR) is 119 cm³/mol. The molecule has 2 aromatic rings. The minimum atomic E-state index is -0.000653. The Bertz CT molecular complexity index is 866. The van der Waals surface area contributed by atoms with Gasteiger partial charge < -0.3 is 4.90 Å². The van der Waals surface area contributed by atoms with E-state index < -0.39 is 0 Å². The summed E-state index contributed by atoms with van der Waals surface area (Å²) in [5.74, 6) is 0.553. The summed E-state index contributed by atoms with van der Waals surface area (Å²) in [6.07, 6.45) is 13.4. The molecule has 3 heteroatoms. The maximum absolute atomic E-state index is 4.86. The standard InChI is InChI=1S/C25H29N3/c1-25-17-7-6-11-23(25)12-8-18-28(25)26-19-21-13-15-24(16-14-21)27(2)20-22-9-4-3-5-10-22/h3-7,9-11,13-17,19,23H,8,12,18,20H2,1-2H3/b26-19+. The highest BCUT2D eigenvalue weighted by atomic mass is 15.5. The molecule has 1 heterocycles. The molecule has 0 saturated carbocycles. The Hall–Kier alpha value is -2.81. The molecule has 0 radical (unpaired) electrons. The van der Waals surface area contributed by atoms with Gasteiger partial charge in [0.1, 0.15) is 0 Å². The highest BCUT2D eigenvalue weighted by Crippen LogP contribution is 2.37. The van der Waals surface area contributed by atoms with Crippen LogP contribution in [0.25, 0.3) is 0 Å². The van der Waals surface area contributed by atoms with Crippen LogP contribution in [0.2, 0.25) is 0 Å². The summed E-state index contributed by atoms with van der Waals surface area (Å²) in [7, 11) is 2.13. The number of nitrogens with zero attached hydrogens (tertiary/aromatic N) is 3. The number of hydrogen-bond acceptors (Lipinski definition) is 3. The van der Waals surface area contributed by atoms with Gasteiger partial charge in [0.05, 0.1) is 11.8 Å². The third-order valence-corrected chi connectivity index (χ3v) is 6.02. The minimum absolute atomic E-state index is 0.000653. The van der Waals surface area contributed by atoms with Crippen LogP contribution in [0, 0.1) is 5.92 Å². The molecule has 0 aromatic heterocycles. The molecule has 2 aromatic carbocycles. The van der Waals surface area contributed by atoms with Crippen molar-refractivity contribution in [1.29, 1.82) is 0 Å². The zero-order valence-electron chi connectivity index (χ0n) is 16.8. The van der Waals surface area contributed by atoms with Crippen molar-refractivity contribution in [2.45, 2.75) is 31.8 Å². The third kappa shape index (κ3) is 3.89. The quantitative estimate of drug-likeness (QED) is 0.668. The van der Waals surface area contributed by atoms with Crippen molar-refractivity contribution in [3.05, 3.63) is 90.0 Å². The molecule has 2 unspecified atom stereocenters. The second-order valence-electron chi connectivity index (χ2n) is 8.02. The number of benzene rings is 2. The van der Waals surface area contributed by atoms with Gasteiger partial charge in [0.15, 0.2) is 0 Å². The lowest BCUT2D eigenvalue weighted by atomic mass is 9.76. The van der Waals surface area contributed by atoms with E-state index in [0.29, 0.717) is 5.92 Å². The number of fused-ring (bicyclic) bond motifs is 1. The van der Waals surface area contributed by atoms with Crippen LogP contribution in [0.1, 0.15) is 30.9 Å². The van der Waals surface area contributed by atoms with Crippen LogP contribution < -0.4 is 4.90 Å². The first-order chi connectivity index (χ1) is 13.6. The number of hydrogen-bond donors (Lipinski definition) is 0. The van der Waals surface area contributed by atoms with E-state index in [9.17, 15) is 0 Å². The van der Waals surface area contributed by atoms with Gasteiger partial charge >= 0.3 is 0 Å². The van der Waals surface area contributed by atoms with Crippen molar-refractivity contribution in [3.8, 4) is 0 Å². The van der Waals surface area contributed by atoms with Gasteiger partial charge in [-0.25, -0.2) is 0 Å². The van der Waals surface area contributed by atoms with Gasteiger partial charge in [-0.1, -0.05) is 66.8 Å². The summed E-state index contributed by atoms with van der Waals surface area (Å²) in [6.45, 7) is 4.22. The number of hydrazone groups is 1. The van der Waals surface area contributed by atoms with Gasteiger partial charge in [0.2, 0.25) is 0 Å². The topological polar surface area (TPSA) is 18.8 Å². The normalized spacial score (nSPS) is 23.8. The van der Waals surface area contributed by atoms with Crippen LogP contribution in [0.15, 0.2) is 84.0 Å². The first-order valence-electron chi connectivity index (χ1n) is 10.2. The van der Waals surface area contributed by atoms with Crippen molar-refractivity contribution in [2.24, 2.45) is 11.0 Å². The van der Waals surface area contributed by atoms with Crippen LogP contribution >= 0.6 is 0 Å². The molecule has 3 nitrogen and oxygen atoms in total. The van der Waals surface area contributed by atoms with Crippen molar-refractivity contribution in [3.63, 3.8) is 0 Å². The Labute approximate surface area is 168 Å². The Morgan fingerprint density at radius 2 is 1.89 bits per heavy atom. The summed E-state index contributed by atoms with van der Waals surface area (Å²) >= 11 is 0. The fourth-order valence-corrected chi connectivity index (χ4v) is 4.22. The molecule has 0 bridgehead atoms. The molecule has 1 fully saturated rings. The minimum Gasteiger partial charge on any atom is -0.370 e. The highest BCUT2D eigenvalue weighted by Gasteiger charge is 2.39. The van der Waals surface area contributed by atoms with Crippen LogP contribution in [-0.4, -0.2) is 30.4 Å². The lowest BCUT2D eigenvalue weighted by molar-refractivity contribution is 0.0687. The molecule has 4 rings (SSSR count). The lowest BCUT2D eigenvalue weighted by Gasteiger charge is -2.47. The van der Waals surface area contributed by atoms with Gasteiger partial charge in [-0.3, -0.25) is 5.01 Å². The fraction of sp³-hybridized carbons (Fsp3) is 0.320. The molecule has 1 aliphatic carbocycles. The van der Waals surface area contributed by atoms with Crippen LogP contribution in [0.4, 0.5) is 5.69 Å².